The van der Waals surface area contributed by atoms with Gasteiger partial charge >= 0.3 is 0 Å². The summed E-state index contributed by atoms with van der Waals surface area (Å²) in [4.78, 5) is 11.8. The Balaban J connectivity index is 2.08. The molecule has 1 aromatic heterocycles. The van der Waals surface area contributed by atoms with Crippen molar-refractivity contribution >= 4 is 5.91 Å². The first-order valence-electron chi connectivity index (χ1n) is 5.23. The van der Waals surface area contributed by atoms with Gasteiger partial charge in [-0.05, 0) is 19.3 Å². The monoisotopic (exact) mass is 209 g/mol. The summed E-state index contributed by atoms with van der Waals surface area (Å²) in [7, 11) is 0. The fraction of sp³-hybridized carbons (Fsp3) is 0.600. The second kappa shape index (κ2) is 4.44. The highest BCUT2D eigenvalue weighted by atomic mass is 16.3. The van der Waals surface area contributed by atoms with Gasteiger partial charge in [0.05, 0.1) is 18.7 Å². The summed E-state index contributed by atoms with van der Waals surface area (Å²) >= 11 is 0. The van der Waals surface area contributed by atoms with Gasteiger partial charge in [0.25, 0.3) is 0 Å². The molecule has 82 valence electrons. The summed E-state index contributed by atoms with van der Waals surface area (Å²) in [5, 5.41) is 18.2. The maximum Gasteiger partial charge on any atom is 0.227 e. The SMILES string of the molecule is O=C(NCCO)C1CCCc2[nH]ncc21. The molecule has 1 amide bonds. The molecule has 3 N–H and O–H groups in total. The molecule has 5 heteroatoms. The van der Waals surface area contributed by atoms with Gasteiger partial charge in [-0.15, -0.1) is 0 Å². The van der Waals surface area contributed by atoms with Crippen LogP contribution in [0.5, 0.6) is 0 Å². The highest BCUT2D eigenvalue weighted by molar-refractivity contribution is 5.84. The van der Waals surface area contributed by atoms with Crippen molar-refractivity contribution in [3.8, 4) is 0 Å². The molecule has 1 heterocycles. The van der Waals surface area contributed by atoms with E-state index in [1.54, 1.807) is 6.20 Å². The molecule has 0 radical (unpaired) electrons. The number of rotatable bonds is 3. The number of aromatic nitrogens is 2. The van der Waals surface area contributed by atoms with E-state index in [9.17, 15) is 4.79 Å². The molecule has 0 saturated carbocycles. The minimum Gasteiger partial charge on any atom is -0.395 e. The summed E-state index contributed by atoms with van der Waals surface area (Å²) < 4.78 is 0. The van der Waals surface area contributed by atoms with Crippen LogP contribution in [0.3, 0.4) is 0 Å². The molecule has 15 heavy (non-hydrogen) atoms. The Labute approximate surface area is 87.9 Å². The molecule has 1 aliphatic rings. The topological polar surface area (TPSA) is 78.0 Å². The zero-order valence-electron chi connectivity index (χ0n) is 8.49. The number of nitrogens with one attached hydrogen (secondary N) is 2. The molecule has 0 spiro atoms. The van der Waals surface area contributed by atoms with Crippen molar-refractivity contribution in [3.05, 3.63) is 17.5 Å². The van der Waals surface area contributed by atoms with Crippen molar-refractivity contribution < 1.29 is 9.90 Å². The summed E-state index contributed by atoms with van der Waals surface area (Å²) in [6.07, 6.45) is 4.58. The number of fused-ring (bicyclic) bond motifs is 1. The fourth-order valence-corrected chi connectivity index (χ4v) is 2.04. The smallest absolute Gasteiger partial charge is 0.227 e. The standard InChI is InChI=1S/C10H15N3O2/c14-5-4-11-10(15)7-2-1-3-9-8(7)6-12-13-9/h6-7,14H,1-5H2,(H,11,15)(H,12,13). The molecule has 0 saturated heterocycles. The molecular formula is C10H15N3O2. The lowest BCUT2D eigenvalue weighted by Crippen LogP contribution is -2.32. The number of aryl methyl sites for hydroxylation is 1. The molecule has 0 aromatic carbocycles. The number of aromatic amines is 1. The van der Waals surface area contributed by atoms with E-state index in [0.717, 1.165) is 30.5 Å². The van der Waals surface area contributed by atoms with Crippen LogP contribution in [0, 0.1) is 0 Å². The number of hydrogen-bond acceptors (Lipinski definition) is 3. The molecule has 1 unspecified atom stereocenters. The molecule has 5 nitrogen and oxygen atoms in total. The molecule has 0 aliphatic heterocycles. The Morgan fingerprint density at radius 2 is 2.60 bits per heavy atom. The fourth-order valence-electron chi connectivity index (χ4n) is 2.04. The van der Waals surface area contributed by atoms with Crippen LogP contribution in [0.25, 0.3) is 0 Å². The van der Waals surface area contributed by atoms with Crippen LogP contribution in [0.2, 0.25) is 0 Å². The van der Waals surface area contributed by atoms with Crippen LogP contribution in [0.1, 0.15) is 30.0 Å². The second-order valence-electron chi connectivity index (χ2n) is 3.76. The molecule has 1 atom stereocenters. The van der Waals surface area contributed by atoms with Crippen LogP contribution >= 0.6 is 0 Å². The molecule has 1 aliphatic carbocycles. The van der Waals surface area contributed by atoms with Gasteiger partial charge in [-0.25, -0.2) is 0 Å². The summed E-state index contributed by atoms with van der Waals surface area (Å²) in [5.74, 6) is -0.106. The molecule has 0 bridgehead atoms. The van der Waals surface area contributed by atoms with Gasteiger partial charge in [-0.2, -0.15) is 5.10 Å². The van der Waals surface area contributed by atoms with Crippen LogP contribution in [-0.2, 0) is 11.2 Å². The lowest BCUT2D eigenvalue weighted by molar-refractivity contribution is -0.123. The van der Waals surface area contributed by atoms with E-state index in [1.165, 1.54) is 0 Å². The van der Waals surface area contributed by atoms with Crippen molar-refractivity contribution in [2.45, 2.75) is 25.2 Å². The Kier molecular flexibility index (Phi) is 3.01. The van der Waals surface area contributed by atoms with E-state index in [-0.39, 0.29) is 18.4 Å². The van der Waals surface area contributed by atoms with E-state index in [2.05, 4.69) is 15.5 Å². The van der Waals surface area contributed by atoms with Crippen molar-refractivity contribution in [2.24, 2.45) is 0 Å². The Morgan fingerprint density at radius 1 is 1.73 bits per heavy atom. The lowest BCUT2D eigenvalue weighted by atomic mass is 9.86. The third-order valence-electron chi connectivity index (χ3n) is 2.77. The number of hydrogen-bond donors (Lipinski definition) is 3. The van der Waals surface area contributed by atoms with E-state index >= 15 is 0 Å². The number of amides is 1. The zero-order chi connectivity index (χ0) is 10.7. The van der Waals surface area contributed by atoms with Gasteiger partial charge in [0.2, 0.25) is 5.91 Å². The van der Waals surface area contributed by atoms with Gasteiger partial charge in [0.1, 0.15) is 0 Å². The van der Waals surface area contributed by atoms with Crippen LogP contribution < -0.4 is 5.32 Å². The van der Waals surface area contributed by atoms with Crippen LogP contribution in [0.4, 0.5) is 0 Å². The number of carbonyl (C=O) groups excluding carboxylic acids is 1. The van der Waals surface area contributed by atoms with Gasteiger partial charge < -0.3 is 10.4 Å². The predicted molar refractivity (Wildman–Crippen MR) is 54.4 cm³/mol. The first-order chi connectivity index (χ1) is 7.33. The number of aliphatic hydroxyl groups is 1. The number of aliphatic hydroxyl groups excluding tert-OH is 1. The van der Waals surface area contributed by atoms with E-state index in [1.807, 2.05) is 0 Å². The largest absolute Gasteiger partial charge is 0.395 e. The van der Waals surface area contributed by atoms with E-state index in [0.29, 0.717) is 6.54 Å². The summed E-state index contributed by atoms with van der Waals surface area (Å²) in [6, 6.07) is 0. The minimum absolute atomic E-state index is 0.00796. The Morgan fingerprint density at radius 3 is 3.40 bits per heavy atom. The summed E-state index contributed by atoms with van der Waals surface area (Å²) in [6.45, 7) is 0.305. The third kappa shape index (κ3) is 2.02. The summed E-state index contributed by atoms with van der Waals surface area (Å²) in [5.41, 5.74) is 2.09. The van der Waals surface area contributed by atoms with Gasteiger partial charge in [-0.3, -0.25) is 9.89 Å². The average molecular weight is 209 g/mol. The van der Waals surface area contributed by atoms with Crippen molar-refractivity contribution in [1.82, 2.24) is 15.5 Å². The van der Waals surface area contributed by atoms with Gasteiger partial charge in [-0.1, -0.05) is 0 Å². The van der Waals surface area contributed by atoms with Crippen molar-refractivity contribution in [2.75, 3.05) is 13.2 Å². The maximum absolute atomic E-state index is 11.8. The van der Waals surface area contributed by atoms with E-state index < -0.39 is 0 Å². The predicted octanol–water partition coefficient (Wildman–Crippen LogP) is -0.0619. The number of nitrogens with zero attached hydrogens (tertiary/aromatic N) is 1. The maximum atomic E-state index is 11.8. The third-order valence-corrected chi connectivity index (χ3v) is 2.77. The van der Waals surface area contributed by atoms with Crippen LogP contribution in [0.15, 0.2) is 6.20 Å². The minimum atomic E-state index is -0.0981. The first kappa shape index (κ1) is 10.2. The van der Waals surface area contributed by atoms with Gasteiger partial charge in [0, 0.05) is 17.8 Å². The highest BCUT2D eigenvalue weighted by Gasteiger charge is 2.27. The zero-order valence-corrected chi connectivity index (χ0v) is 8.49. The molecular weight excluding hydrogens is 194 g/mol. The van der Waals surface area contributed by atoms with Crippen molar-refractivity contribution in [1.29, 1.82) is 0 Å². The second-order valence-corrected chi connectivity index (χ2v) is 3.76. The highest BCUT2D eigenvalue weighted by Crippen LogP contribution is 2.29. The Hall–Kier alpha value is -1.36. The van der Waals surface area contributed by atoms with E-state index in [4.69, 9.17) is 5.11 Å². The Bertz CT molecular complexity index is 348. The first-order valence-corrected chi connectivity index (χ1v) is 5.23. The lowest BCUT2D eigenvalue weighted by Gasteiger charge is -2.20. The average Bonchev–Trinajstić information content (AvgIpc) is 2.73. The molecule has 2 rings (SSSR count). The van der Waals surface area contributed by atoms with Crippen LogP contribution in [-0.4, -0.2) is 34.4 Å². The van der Waals surface area contributed by atoms with Gasteiger partial charge in [0.15, 0.2) is 0 Å². The molecule has 0 fully saturated rings. The quantitative estimate of drug-likeness (QED) is 0.652. The van der Waals surface area contributed by atoms with Crippen molar-refractivity contribution in [3.63, 3.8) is 0 Å². The molecule has 1 aromatic rings. The number of H-pyrrole nitrogens is 1. The number of carbonyl (C=O) groups is 1. The normalized spacial score (nSPS) is 19.7.